The average Bonchev–Trinajstić information content (AvgIpc) is 3.07. The number of aryl methyl sites for hydroxylation is 1. The number of carbonyl (C=O) groups is 1. The number of rotatable bonds is 9. The Morgan fingerprint density at radius 3 is 2.85 bits per heavy atom. The van der Waals surface area contributed by atoms with E-state index in [0.717, 1.165) is 6.42 Å². The van der Waals surface area contributed by atoms with Crippen LogP contribution in [0.3, 0.4) is 0 Å². The van der Waals surface area contributed by atoms with E-state index in [0.29, 0.717) is 41.1 Å². The first-order valence-electron chi connectivity index (χ1n) is 8.19. The van der Waals surface area contributed by atoms with Crippen molar-refractivity contribution in [3.63, 3.8) is 0 Å². The number of ether oxygens (including phenoxy) is 3. The van der Waals surface area contributed by atoms with Gasteiger partial charge in [0.1, 0.15) is 0 Å². The lowest BCUT2D eigenvalue weighted by Crippen LogP contribution is -2.09. The molecule has 2 rings (SSSR count). The van der Waals surface area contributed by atoms with Crippen LogP contribution >= 0.6 is 11.6 Å². The molecule has 1 heterocycles. The Morgan fingerprint density at radius 1 is 1.35 bits per heavy atom. The minimum atomic E-state index is -0.514. The van der Waals surface area contributed by atoms with Gasteiger partial charge in [0.2, 0.25) is 0 Å². The van der Waals surface area contributed by atoms with Crippen molar-refractivity contribution in [2.24, 2.45) is 0 Å². The highest BCUT2D eigenvalue weighted by Gasteiger charge is 2.11. The molecule has 0 aliphatic rings. The van der Waals surface area contributed by atoms with Gasteiger partial charge in [-0.2, -0.15) is 0 Å². The molecule has 0 bridgehead atoms. The maximum absolute atomic E-state index is 11.9. The summed E-state index contributed by atoms with van der Waals surface area (Å²) in [6, 6.07) is 3.41. The van der Waals surface area contributed by atoms with Gasteiger partial charge in [-0.3, -0.25) is 0 Å². The summed E-state index contributed by atoms with van der Waals surface area (Å²) in [6.45, 7) is 5.01. The van der Waals surface area contributed by atoms with Gasteiger partial charge >= 0.3 is 5.97 Å². The fourth-order valence-corrected chi connectivity index (χ4v) is 2.45. The van der Waals surface area contributed by atoms with E-state index < -0.39 is 5.97 Å². The number of methoxy groups -OCH3 is 1. The Hall–Kier alpha value is -2.61. The SMILES string of the molecule is CCCn1nnnc1COC(=O)/C=C/c1cc(Cl)c(OCC)c(OC)c1. The van der Waals surface area contributed by atoms with Gasteiger partial charge in [0.15, 0.2) is 23.9 Å². The van der Waals surface area contributed by atoms with E-state index in [-0.39, 0.29) is 6.61 Å². The molecule has 0 saturated heterocycles. The third-order valence-corrected chi connectivity index (χ3v) is 3.62. The number of halogens is 1. The molecule has 1 aromatic carbocycles. The van der Waals surface area contributed by atoms with Crippen LogP contribution in [-0.2, 0) is 22.7 Å². The molecule has 0 fully saturated rings. The van der Waals surface area contributed by atoms with Crippen molar-refractivity contribution in [3.8, 4) is 11.5 Å². The normalized spacial score (nSPS) is 10.9. The number of carbonyl (C=O) groups excluding carboxylic acids is 1. The zero-order chi connectivity index (χ0) is 18.9. The van der Waals surface area contributed by atoms with Crippen LogP contribution in [0.1, 0.15) is 31.7 Å². The highest BCUT2D eigenvalue weighted by atomic mass is 35.5. The monoisotopic (exact) mass is 380 g/mol. The van der Waals surface area contributed by atoms with Gasteiger partial charge < -0.3 is 14.2 Å². The lowest BCUT2D eigenvalue weighted by atomic mass is 10.2. The number of esters is 1. The molecule has 140 valence electrons. The zero-order valence-corrected chi connectivity index (χ0v) is 15.7. The van der Waals surface area contributed by atoms with Crippen molar-refractivity contribution >= 4 is 23.6 Å². The predicted molar refractivity (Wildman–Crippen MR) is 96.1 cm³/mol. The van der Waals surface area contributed by atoms with Gasteiger partial charge in [0.25, 0.3) is 0 Å². The van der Waals surface area contributed by atoms with E-state index in [1.54, 1.807) is 22.9 Å². The number of aromatic nitrogens is 4. The molecule has 26 heavy (non-hydrogen) atoms. The molecule has 0 aliphatic heterocycles. The van der Waals surface area contributed by atoms with Crippen molar-refractivity contribution in [1.29, 1.82) is 0 Å². The quantitative estimate of drug-likeness (QED) is 0.488. The summed E-state index contributed by atoms with van der Waals surface area (Å²) < 4.78 is 17.5. The minimum Gasteiger partial charge on any atom is -0.493 e. The Kier molecular flexibility index (Phi) is 7.40. The molecule has 2 aromatic rings. The summed E-state index contributed by atoms with van der Waals surface area (Å²) >= 11 is 6.20. The first-order valence-corrected chi connectivity index (χ1v) is 8.57. The maximum Gasteiger partial charge on any atom is 0.331 e. The predicted octanol–water partition coefficient (Wildman–Crippen LogP) is 2.90. The van der Waals surface area contributed by atoms with Crippen LogP contribution in [0, 0.1) is 0 Å². The van der Waals surface area contributed by atoms with Crippen LogP contribution in [0.25, 0.3) is 6.08 Å². The minimum absolute atomic E-state index is 0.00350. The number of hydrogen-bond acceptors (Lipinski definition) is 7. The number of benzene rings is 1. The Balaban J connectivity index is 2.01. The van der Waals surface area contributed by atoms with Gasteiger partial charge in [0.05, 0.1) is 18.7 Å². The lowest BCUT2D eigenvalue weighted by Gasteiger charge is -2.11. The average molecular weight is 381 g/mol. The summed E-state index contributed by atoms with van der Waals surface area (Å²) in [5, 5.41) is 11.7. The molecule has 1 aromatic heterocycles. The van der Waals surface area contributed by atoms with Crippen LogP contribution in [0.5, 0.6) is 11.5 Å². The molecule has 0 unspecified atom stereocenters. The molecule has 0 radical (unpaired) electrons. The second-order valence-corrected chi connectivity index (χ2v) is 5.63. The van der Waals surface area contributed by atoms with Crippen LogP contribution in [-0.4, -0.2) is 39.9 Å². The molecule has 0 N–H and O–H groups in total. The second-order valence-electron chi connectivity index (χ2n) is 5.23. The van der Waals surface area contributed by atoms with Crippen LogP contribution in [0.2, 0.25) is 5.02 Å². The van der Waals surface area contributed by atoms with Crippen molar-refractivity contribution in [3.05, 3.63) is 34.6 Å². The van der Waals surface area contributed by atoms with Gasteiger partial charge in [-0.25, -0.2) is 9.48 Å². The zero-order valence-electron chi connectivity index (χ0n) is 14.9. The third-order valence-electron chi connectivity index (χ3n) is 3.34. The molecule has 0 amide bonds. The van der Waals surface area contributed by atoms with E-state index >= 15 is 0 Å². The molecule has 0 aliphatic carbocycles. The Bertz CT molecular complexity index is 776. The highest BCUT2D eigenvalue weighted by Crippen LogP contribution is 2.36. The van der Waals surface area contributed by atoms with E-state index in [1.807, 2.05) is 13.8 Å². The lowest BCUT2D eigenvalue weighted by molar-refractivity contribution is -0.139. The second kappa shape index (κ2) is 9.76. The van der Waals surface area contributed by atoms with Crippen molar-refractivity contribution < 1.29 is 19.0 Å². The maximum atomic E-state index is 11.9. The van der Waals surface area contributed by atoms with E-state index in [1.165, 1.54) is 13.2 Å². The van der Waals surface area contributed by atoms with E-state index in [2.05, 4.69) is 15.5 Å². The number of nitrogens with zero attached hydrogens (tertiary/aromatic N) is 4. The van der Waals surface area contributed by atoms with Crippen LogP contribution < -0.4 is 9.47 Å². The molecule has 9 heteroatoms. The highest BCUT2D eigenvalue weighted by molar-refractivity contribution is 6.32. The molecule has 0 atom stereocenters. The Morgan fingerprint density at radius 2 is 2.15 bits per heavy atom. The fourth-order valence-electron chi connectivity index (χ4n) is 2.18. The smallest absolute Gasteiger partial charge is 0.331 e. The van der Waals surface area contributed by atoms with Gasteiger partial charge in [0, 0.05) is 12.6 Å². The molecule has 8 nitrogen and oxygen atoms in total. The molecular formula is C17H21ClN4O4. The van der Waals surface area contributed by atoms with Crippen molar-refractivity contribution in [2.45, 2.75) is 33.4 Å². The van der Waals surface area contributed by atoms with Gasteiger partial charge in [-0.05, 0) is 47.5 Å². The fraction of sp³-hybridized carbons (Fsp3) is 0.412. The van der Waals surface area contributed by atoms with Crippen molar-refractivity contribution in [2.75, 3.05) is 13.7 Å². The largest absolute Gasteiger partial charge is 0.493 e. The van der Waals surface area contributed by atoms with E-state index in [9.17, 15) is 4.79 Å². The summed E-state index contributed by atoms with van der Waals surface area (Å²) in [5.74, 6) is 0.949. The standard InChI is InChI=1S/C17H21ClN4O4/c1-4-8-22-15(19-20-21-22)11-26-16(23)7-6-12-9-13(18)17(25-5-2)14(10-12)24-3/h6-7,9-10H,4-5,8,11H2,1-3H3/b7-6+. The number of hydrogen-bond donors (Lipinski definition) is 0. The first-order chi connectivity index (χ1) is 12.6. The Labute approximate surface area is 156 Å². The van der Waals surface area contributed by atoms with Crippen LogP contribution in [0.4, 0.5) is 0 Å². The molecule has 0 saturated carbocycles. The third kappa shape index (κ3) is 5.19. The van der Waals surface area contributed by atoms with E-state index in [4.69, 9.17) is 25.8 Å². The first kappa shape index (κ1) is 19.7. The van der Waals surface area contributed by atoms with Gasteiger partial charge in [-0.1, -0.05) is 18.5 Å². The van der Waals surface area contributed by atoms with Crippen molar-refractivity contribution in [1.82, 2.24) is 20.2 Å². The van der Waals surface area contributed by atoms with Crippen LogP contribution in [0.15, 0.2) is 18.2 Å². The molecule has 0 spiro atoms. The summed E-state index contributed by atoms with van der Waals surface area (Å²) in [6.07, 6.45) is 3.77. The van der Waals surface area contributed by atoms with Gasteiger partial charge in [-0.15, -0.1) is 5.10 Å². The molecular weight excluding hydrogens is 360 g/mol. The number of tetrazole rings is 1. The summed E-state index contributed by atoms with van der Waals surface area (Å²) in [4.78, 5) is 11.9. The topological polar surface area (TPSA) is 88.4 Å². The summed E-state index contributed by atoms with van der Waals surface area (Å²) in [5.41, 5.74) is 0.683. The summed E-state index contributed by atoms with van der Waals surface area (Å²) in [7, 11) is 1.52.